The van der Waals surface area contributed by atoms with Crippen LogP contribution in [0.4, 0.5) is 0 Å². The summed E-state index contributed by atoms with van der Waals surface area (Å²) < 4.78 is 10.5. The fraction of sp³-hybridized carbons (Fsp3) is 0.385. The number of Topliss-reactive ketones (excluding diaryl/α,β-unsaturated/α-hetero) is 1. The average Bonchev–Trinajstić information content (AvgIpc) is 3.60. The number of ketones is 1. The number of epoxide rings is 1. The van der Waals surface area contributed by atoms with E-state index in [-0.39, 0.29) is 24.5 Å². The lowest BCUT2D eigenvalue weighted by molar-refractivity contribution is -0.139. The topological polar surface area (TPSA) is 126 Å². The van der Waals surface area contributed by atoms with E-state index in [1.54, 1.807) is 26.2 Å². The fourth-order valence-corrected chi connectivity index (χ4v) is 3.95. The largest absolute Gasteiger partial charge is 0.497 e. The molecule has 2 fully saturated rings. The van der Waals surface area contributed by atoms with Gasteiger partial charge in [0.05, 0.1) is 26.2 Å². The molecule has 2 heterocycles. The molecule has 2 aromatic carbocycles. The monoisotopic (exact) mass is 479 g/mol. The molecule has 0 unspecified atom stereocenters. The third-order valence-electron chi connectivity index (χ3n) is 6.29. The quantitative estimate of drug-likeness (QED) is 0.322. The van der Waals surface area contributed by atoms with Crippen molar-refractivity contribution in [3.63, 3.8) is 0 Å². The minimum atomic E-state index is -0.951. The molecule has 2 saturated heterocycles. The second-order valence-corrected chi connectivity index (χ2v) is 9.07. The zero-order valence-corrected chi connectivity index (χ0v) is 19.7. The molecule has 0 spiro atoms. The Hall–Kier alpha value is -3.72. The Balaban J connectivity index is 1.52. The lowest BCUT2D eigenvalue weighted by Crippen LogP contribution is -2.61. The Morgan fingerprint density at radius 3 is 2.20 bits per heavy atom. The van der Waals surface area contributed by atoms with Crippen molar-refractivity contribution in [3.8, 4) is 5.75 Å². The summed E-state index contributed by atoms with van der Waals surface area (Å²) in [6.07, 6.45) is 0.571. The fourth-order valence-electron chi connectivity index (χ4n) is 3.95. The van der Waals surface area contributed by atoms with E-state index in [2.05, 4.69) is 16.0 Å². The third kappa shape index (κ3) is 6.05. The molecule has 0 radical (unpaired) electrons. The van der Waals surface area contributed by atoms with Gasteiger partial charge in [-0.05, 0) is 36.6 Å². The van der Waals surface area contributed by atoms with Crippen LogP contribution in [0.2, 0.25) is 0 Å². The molecule has 9 heteroatoms. The molecule has 0 bridgehead atoms. The van der Waals surface area contributed by atoms with Crippen molar-refractivity contribution in [1.29, 1.82) is 0 Å². The van der Waals surface area contributed by atoms with Crippen LogP contribution in [0.3, 0.4) is 0 Å². The Morgan fingerprint density at radius 1 is 1.03 bits per heavy atom. The number of rotatable bonds is 11. The highest BCUT2D eigenvalue weighted by Gasteiger charge is 2.50. The van der Waals surface area contributed by atoms with Crippen LogP contribution in [0.25, 0.3) is 0 Å². The van der Waals surface area contributed by atoms with Crippen molar-refractivity contribution >= 4 is 23.5 Å². The van der Waals surface area contributed by atoms with E-state index in [9.17, 15) is 19.2 Å². The molecular weight excluding hydrogens is 450 g/mol. The minimum absolute atomic E-state index is 0.0769. The smallest absolute Gasteiger partial charge is 0.243 e. The first kappa shape index (κ1) is 24.4. The lowest BCUT2D eigenvalue weighted by Gasteiger charge is -2.29. The van der Waals surface area contributed by atoms with Crippen molar-refractivity contribution in [2.75, 3.05) is 13.7 Å². The van der Waals surface area contributed by atoms with Crippen LogP contribution in [-0.4, -0.2) is 60.9 Å². The van der Waals surface area contributed by atoms with Gasteiger partial charge >= 0.3 is 0 Å². The van der Waals surface area contributed by atoms with Gasteiger partial charge in [-0.3, -0.25) is 19.2 Å². The van der Waals surface area contributed by atoms with E-state index in [1.165, 1.54) is 0 Å². The Kier molecular flexibility index (Phi) is 7.16. The van der Waals surface area contributed by atoms with Gasteiger partial charge in [0, 0.05) is 6.42 Å². The molecule has 2 aliphatic rings. The van der Waals surface area contributed by atoms with E-state index in [0.29, 0.717) is 18.8 Å². The van der Waals surface area contributed by atoms with Crippen molar-refractivity contribution in [1.82, 2.24) is 16.0 Å². The number of carbonyl (C=O) groups is 4. The second-order valence-electron chi connectivity index (χ2n) is 9.07. The van der Waals surface area contributed by atoms with Gasteiger partial charge in [-0.25, -0.2) is 0 Å². The Labute approximate surface area is 203 Å². The predicted octanol–water partition coefficient (Wildman–Crippen LogP) is 0.697. The number of hydrogen-bond acceptors (Lipinski definition) is 6. The molecule has 0 aliphatic carbocycles. The number of benzene rings is 2. The molecule has 4 rings (SSSR count). The molecule has 184 valence electrons. The predicted molar refractivity (Wildman–Crippen MR) is 127 cm³/mol. The second kappa shape index (κ2) is 10.3. The number of hydrogen-bond donors (Lipinski definition) is 3. The SMILES string of the molecule is COc1ccc(C[C@H](NC(=O)[C@@H]2CC(=O)N2)C(=O)N[C@@H](Cc2ccccc2)C(=O)[C@@]2(C)CO2)cc1. The van der Waals surface area contributed by atoms with Crippen LogP contribution in [0, 0.1) is 0 Å². The maximum atomic E-state index is 13.4. The highest BCUT2D eigenvalue weighted by molar-refractivity contribution is 6.00. The van der Waals surface area contributed by atoms with Crippen LogP contribution in [0.5, 0.6) is 5.75 Å². The summed E-state index contributed by atoms with van der Waals surface area (Å²) in [7, 11) is 1.56. The number of nitrogens with one attached hydrogen (secondary N) is 3. The molecule has 0 aromatic heterocycles. The van der Waals surface area contributed by atoms with E-state index in [0.717, 1.165) is 11.1 Å². The van der Waals surface area contributed by atoms with Gasteiger partial charge in [0.1, 0.15) is 23.4 Å². The summed E-state index contributed by atoms with van der Waals surface area (Å²) in [5.41, 5.74) is 0.771. The van der Waals surface area contributed by atoms with Crippen LogP contribution in [0.15, 0.2) is 54.6 Å². The Bertz CT molecular complexity index is 1090. The first-order valence-electron chi connectivity index (χ1n) is 11.5. The molecule has 0 saturated carbocycles. The first-order chi connectivity index (χ1) is 16.8. The number of methoxy groups -OCH3 is 1. The average molecular weight is 480 g/mol. The zero-order valence-electron chi connectivity index (χ0n) is 19.7. The highest BCUT2D eigenvalue weighted by atomic mass is 16.6. The van der Waals surface area contributed by atoms with Crippen molar-refractivity contribution < 1.29 is 28.7 Å². The van der Waals surface area contributed by atoms with Crippen molar-refractivity contribution in [3.05, 3.63) is 65.7 Å². The van der Waals surface area contributed by atoms with E-state index >= 15 is 0 Å². The van der Waals surface area contributed by atoms with Crippen molar-refractivity contribution in [2.45, 2.75) is 49.9 Å². The zero-order chi connectivity index (χ0) is 25.0. The summed E-state index contributed by atoms with van der Waals surface area (Å²) >= 11 is 0. The van der Waals surface area contributed by atoms with E-state index in [4.69, 9.17) is 9.47 Å². The molecule has 9 nitrogen and oxygen atoms in total. The molecule has 4 atom stereocenters. The molecule has 3 amide bonds. The van der Waals surface area contributed by atoms with Gasteiger partial charge in [-0.2, -0.15) is 0 Å². The molecular formula is C26H29N3O6. The molecule has 3 N–H and O–H groups in total. The maximum absolute atomic E-state index is 13.4. The number of carbonyl (C=O) groups excluding carboxylic acids is 4. The maximum Gasteiger partial charge on any atom is 0.243 e. The summed E-state index contributed by atoms with van der Waals surface area (Å²) in [6.45, 7) is 2.01. The standard InChI is InChI=1S/C26H29N3O6/c1-26(15-35-26)23(31)19(12-16-6-4-3-5-7-16)28-24(32)20(29-25(33)21-14-22(30)27-21)13-17-8-10-18(34-2)11-9-17/h3-11,19-21H,12-15H2,1-2H3,(H,27,30)(H,28,32)(H,29,33)/t19-,20-,21-,26+/m0/s1. The van der Waals surface area contributed by atoms with E-state index in [1.807, 2.05) is 42.5 Å². The van der Waals surface area contributed by atoms with Gasteiger partial charge in [0.25, 0.3) is 0 Å². The van der Waals surface area contributed by atoms with E-state index < -0.39 is 35.5 Å². The lowest BCUT2D eigenvalue weighted by atomic mass is 9.94. The molecule has 2 aliphatic heterocycles. The van der Waals surface area contributed by atoms with Crippen LogP contribution >= 0.6 is 0 Å². The van der Waals surface area contributed by atoms with Crippen LogP contribution in [-0.2, 0) is 36.8 Å². The summed E-state index contributed by atoms with van der Waals surface area (Å²) in [6, 6.07) is 14.1. The third-order valence-corrected chi connectivity index (χ3v) is 6.29. The van der Waals surface area contributed by atoms with Gasteiger partial charge < -0.3 is 25.4 Å². The molecule has 35 heavy (non-hydrogen) atoms. The van der Waals surface area contributed by atoms with Gasteiger partial charge in [-0.1, -0.05) is 42.5 Å². The van der Waals surface area contributed by atoms with Crippen LogP contribution < -0.4 is 20.7 Å². The number of amides is 3. The summed E-state index contributed by atoms with van der Waals surface area (Å²) in [5, 5.41) is 8.10. The van der Waals surface area contributed by atoms with Gasteiger partial charge in [-0.15, -0.1) is 0 Å². The van der Waals surface area contributed by atoms with Crippen LogP contribution in [0.1, 0.15) is 24.5 Å². The minimum Gasteiger partial charge on any atom is -0.497 e. The number of ether oxygens (including phenoxy) is 2. The van der Waals surface area contributed by atoms with Crippen molar-refractivity contribution in [2.24, 2.45) is 0 Å². The highest BCUT2D eigenvalue weighted by Crippen LogP contribution is 2.29. The van der Waals surface area contributed by atoms with Gasteiger partial charge in [0.15, 0.2) is 5.78 Å². The number of β-lactam (4-membered cyclic amide) rings is 1. The summed E-state index contributed by atoms with van der Waals surface area (Å²) in [5.74, 6) is -0.690. The summed E-state index contributed by atoms with van der Waals surface area (Å²) in [4.78, 5) is 50.5. The first-order valence-corrected chi connectivity index (χ1v) is 11.5. The molecule has 2 aromatic rings. The van der Waals surface area contributed by atoms with Gasteiger partial charge in [0.2, 0.25) is 17.7 Å². The Morgan fingerprint density at radius 2 is 1.63 bits per heavy atom. The normalized spacial score (nSPS) is 22.1.